The standard InChI is InChI=1S/C27H25F3N4O3/c1-3-25(35)34-11-9-21(34)16-37-23-15-31-10-8-22(23)18-4-5-19(17(2)12-18)13-33-26(36)20-6-7-24(32-14-20)27(28,29)30/h3-8,10,12,14-15,21H,1,9,11,13,16H2,2H3,(H,33,36)/t21-/m0/s1. The van der Waals surface area contributed by atoms with Gasteiger partial charge in [-0.1, -0.05) is 24.8 Å². The molecule has 3 aromatic rings. The summed E-state index contributed by atoms with van der Waals surface area (Å²) in [5, 5.41) is 2.71. The van der Waals surface area contributed by atoms with Crippen molar-refractivity contribution in [1.29, 1.82) is 0 Å². The third-order valence-corrected chi connectivity index (χ3v) is 6.23. The van der Waals surface area contributed by atoms with Gasteiger partial charge >= 0.3 is 6.18 Å². The number of nitrogens with zero attached hydrogens (tertiary/aromatic N) is 3. The predicted molar refractivity (Wildman–Crippen MR) is 131 cm³/mol. The zero-order valence-electron chi connectivity index (χ0n) is 20.1. The summed E-state index contributed by atoms with van der Waals surface area (Å²) >= 11 is 0. The van der Waals surface area contributed by atoms with Crippen molar-refractivity contribution in [3.05, 3.63) is 90.0 Å². The second-order valence-electron chi connectivity index (χ2n) is 8.61. The molecule has 0 unspecified atom stereocenters. The van der Waals surface area contributed by atoms with Crippen LogP contribution >= 0.6 is 0 Å². The summed E-state index contributed by atoms with van der Waals surface area (Å²) in [7, 11) is 0. The summed E-state index contributed by atoms with van der Waals surface area (Å²) in [6.07, 6.45) is 1.81. The maximum absolute atomic E-state index is 12.7. The summed E-state index contributed by atoms with van der Waals surface area (Å²) in [4.78, 5) is 33.5. The van der Waals surface area contributed by atoms with E-state index in [0.29, 0.717) is 18.9 Å². The largest absolute Gasteiger partial charge is 0.489 e. The number of nitrogens with one attached hydrogen (secondary N) is 1. The van der Waals surface area contributed by atoms with Crippen LogP contribution in [0.4, 0.5) is 13.2 Å². The van der Waals surface area contributed by atoms with Gasteiger partial charge in [0.25, 0.3) is 5.91 Å². The Balaban J connectivity index is 1.40. The second kappa shape index (κ2) is 10.8. The quantitative estimate of drug-likeness (QED) is 0.449. The van der Waals surface area contributed by atoms with Crippen LogP contribution in [0, 0.1) is 6.92 Å². The molecule has 1 N–H and O–H groups in total. The Kier molecular flexibility index (Phi) is 7.56. The lowest BCUT2D eigenvalue weighted by molar-refractivity contribution is -0.141. The van der Waals surface area contributed by atoms with E-state index in [-0.39, 0.29) is 24.1 Å². The summed E-state index contributed by atoms with van der Waals surface area (Å²) in [5.74, 6) is -0.0377. The molecule has 1 aromatic carbocycles. The minimum Gasteiger partial charge on any atom is -0.489 e. The fourth-order valence-corrected chi connectivity index (χ4v) is 3.98. The molecule has 0 radical (unpaired) electrons. The summed E-state index contributed by atoms with van der Waals surface area (Å²) < 4.78 is 44.1. The third kappa shape index (κ3) is 5.96. The number of hydrogen-bond acceptors (Lipinski definition) is 5. The van der Waals surface area contributed by atoms with Crippen LogP contribution in [0.1, 0.15) is 33.6 Å². The Morgan fingerprint density at radius 1 is 1.22 bits per heavy atom. The first kappa shape index (κ1) is 25.9. The molecule has 2 aromatic heterocycles. The minimum absolute atomic E-state index is 0.00820. The second-order valence-corrected chi connectivity index (χ2v) is 8.61. The van der Waals surface area contributed by atoms with Gasteiger partial charge in [0.05, 0.1) is 17.8 Å². The van der Waals surface area contributed by atoms with Crippen LogP contribution in [-0.2, 0) is 17.5 Å². The lowest BCUT2D eigenvalue weighted by Gasteiger charge is -2.40. The number of carbonyl (C=O) groups is 2. The van der Waals surface area contributed by atoms with E-state index in [9.17, 15) is 22.8 Å². The zero-order chi connectivity index (χ0) is 26.6. The molecule has 1 atom stereocenters. The van der Waals surface area contributed by atoms with Gasteiger partial charge in [-0.15, -0.1) is 0 Å². The number of halogens is 3. The first-order chi connectivity index (χ1) is 17.7. The SMILES string of the molecule is C=CC(=O)N1CC[C@H]1COc1cnccc1-c1ccc(CNC(=O)c2ccc(C(F)(F)F)nc2)c(C)c1. The Morgan fingerprint density at radius 2 is 2.03 bits per heavy atom. The van der Waals surface area contributed by atoms with Crippen molar-refractivity contribution in [1.82, 2.24) is 20.2 Å². The lowest BCUT2D eigenvalue weighted by atomic mass is 9.99. The van der Waals surface area contributed by atoms with Gasteiger partial charge in [-0.3, -0.25) is 19.6 Å². The molecule has 1 aliphatic heterocycles. The van der Waals surface area contributed by atoms with Gasteiger partial charge < -0.3 is 15.0 Å². The first-order valence-electron chi connectivity index (χ1n) is 11.6. The van der Waals surface area contributed by atoms with Crippen LogP contribution in [0.5, 0.6) is 5.75 Å². The number of hydrogen-bond donors (Lipinski definition) is 1. The normalized spacial score (nSPS) is 15.0. The van der Waals surface area contributed by atoms with Crippen LogP contribution in [0.3, 0.4) is 0 Å². The van der Waals surface area contributed by atoms with E-state index < -0.39 is 17.8 Å². The monoisotopic (exact) mass is 510 g/mol. The van der Waals surface area contributed by atoms with E-state index in [1.165, 1.54) is 6.08 Å². The molecule has 0 bridgehead atoms. The van der Waals surface area contributed by atoms with Gasteiger partial charge in [0.15, 0.2) is 0 Å². The average molecular weight is 511 g/mol. The number of ether oxygens (including phenoxy) is 1. The number of aromatic nitrogens is 2. The van der Waals surface area contributed by atoms with E-state index in [4.69, 9.17) is 4.74 Å². The topological polar surface area (TPSA) is 84.4 Å². The molecule has 2 amide bonds. The highest BCUT2D eigenvalue weighted by atomic mass is 19.4. The van der Waals surface area contributed by atoms with Crippen molar-refractivity contribution >= 4 is 11.8 Å². The number of benzene rings is 1. The Morgan fingerprint density at radius 3 is 2.65 bits per heavy atom. The molecule has 3 heterocycles. The Labute approximate surface area is 212 Å². The summed E-state index contributed by atoms with van der Waals surface area (Å²) in [5.41, 5.74) is 2.48. The van der Waals surface area contributed by atoms with Crippen LogP contribution in [0.2, 0.25) is 0 Å². The lowest BCUT2D eigenvalue weighted by Crippen LogP contribution is -2.53. The smallest absolute Gasteiger partial charge is 0.433 e. The molecule has 1 fully saturated rings. The Hall–Kier alpha value is -4.21. The fraction of sp³-hybridized carbons (Fsp3) is 0.259. The number of amides is 2. The molecule has 0 saturated carbocycles. The number of carbonyl (C=O) groups excluding carboxylic acids is 2. The van der Waals surface area contributed by atoms with Crippen molar-refractivity contribution in [2.75, 3.05) is 13.2 Å². The molecule has 0 aliphatic carbocycles. The number of pyridine rings is 2. The van der Waals surface area contributed by atoms with Crippen LogP contribution in [-0.4, -0.2) is 45.9 Å². The highest BCUT2D eigenvalue weighted by molar-refractivity contribution is 5.93. The molecule has 37 heavy (non-hydrogen) atoms. The van der Waals surface area contributed by atoms with Crippen LogP contribution in [0.15, 0.2) is 67.6 Å². The number of rotatable bonds is 8. The number of aryl methyl sites for hydroxylation is 1. The van der Waals surface area contributed by atoms with Gasteiger partial charge in [0, 0.05) is 31.0 Å². The van der Waals surface area contributed by atoms with E-state index in [0.717, 1.165) is 47.0 Å². The van der Waals surface area contributed by atoms with E-state index in [1.54, 1.807) is 17.3 Å². The van der Waals surface area contributed by atoms with Gasteiger partial charge in [-0.05, 0) is 54.3 Å². The van der Waals surface area contributed by atoms with Crippen molar-refractivity contribution in [3.63, 3.8) is 0 Å². The minimum atomic E-state index is -4.56. The molecule has 0 spiro atoms. The third-order valence-electron chi connectivity index (χ3n) is 6.23. The van der Waals surface area contributed by atoms with Crippen LogP contribution in [0.25, 0.3) is 11.1 Å². The van der Waals surface area contributed by atoms with Crippen molar-refractivity contribution in [2.45, 2.75) is 32.1 Å². The average Bonchev–Trinajstić information content (AvgIpc) is 2.87. The zero-order valence-corrected chi connectivity index (χ0v) is 20.1. The fourth-order valence-electron chi connectivity index (χ4n) is 3.98. The molecule has 192 valence electrons. The number of likely N-dealkylation sites (tertiary alicyclic amines) is 1. The van der Waals surface area contributed by atoms with Gasteiger partial charge in [0.2, 0.25) is 5.91 Å². The molecule has 4 rings (SSSR count). The van der Waals surface area contributed by atoms with Crippen molar-refractivity contribution in [2.24, 2.45) is 0 Å². The Bertz CT molecular complexity index is 1310. The molecule has 1 aliphatic rings. The highest BCUT2D eigenvalue weighted by Crippen LogP contribution is 2.31. The number of alkyl halides is 3. The summed E-state index contributed by atoms with van der Waals surface area (Å²) in [6, 6.07) is 9.44. The highest BCUT2D eigenvalue weighted by Gasteiger charge is 2.32. The molecular weight excluding hydrogens is 485 g/mol. The van der Waals surface area contributed by atoms with Crippen molar-refractivity contribution in [3.8, 4) is 16.9 Å². The molecule has 1 saturated heterocycles. The van der Waals surface area contributed by atoms with E-state index in [2.05, 4.69) is 21.9 Å². The van der Waals surface area contributed by atoms with E-state index >= 15 is 0 Å². The maximum Gasteiger partial charge on any atom is 0.433 e. The van der Waals surface area contributed by atoms with Gasteiger partial charge in [0.1, 0.15) is 18.1 Å². The van der Waals surface area contributed by atoms with Crippen LogP contribution < -0.4 is 10.1 Å². The maximum atomic E-state index is 12.7. The van der Waals surface area contributed by atoms with E-state index in [1.807, 2.05) is 31.2 Å². The van der Waals surface area contributed by atoms with Gasteiger partial charge in [-0.2, -0.15) is 13.2 Å². The molecule has 10 heteroatoms. The van der Waals surface area contributed by atoms with Gasteiger partial charge in [-0.25, -0.2) is 0 Å². The predicted octanol–water partition coefficient (Wildman–Crippen LogP) is 4.57. The summed E-state index contributed by atoms with van der Waals surface area (Å²) in [6.45, 7) is 6.66. The first-order valence-corrected chi connectivity index (χ1v) is 11.6. The molecular formula is C27H25F3N4O3. The van der Waals surface area contributed by atoms with Crippen molar-refractivity contribution < 1.29 is 27.5 Å². The molecule has 7 nitrogen and oxygen atoms in total.